The highest BCUT2D eigenvalue weighted by molar-refractivity contribution is 6.63. The van der Waals surface area contributed by atoms with Crippen LogP contribution < -0.4 is 10.2 Å². The molecule has 1 aromatic carbocycles. The van der Waals surface area contributed by atoms with Gasteiger partial charge >= 0.3 is 7.12 Å². The van der Waals surface area contributed by atoms with Gasteiger partial charge in [0.1, 0.15) is 11.6 Å². The molecule has 0 N–H and O–H groups in total. The zero-order chi connectivity index (χ0) is 15.3. The first-order chi connectivity index (χ1) is 9.78. The van der Waals surface area contributed by atoms with Crippen molar-refractivity contribution in [2.75, 3.05) is 6.61 Å². The summed E-state index contributed by atoms with van der Waals surface area (Å²) in [7, 11) is -0.523. The molecule has 5 heteroatoms. The Morgan fingerprint density at radius 3 is 2.38 bits per heavy atom. The van der Waals surface area contributed by atoms with Gasteiger partial charge in [-0.05, 0) is 52.5 Å². The normalized spacial score (nSPS) is 23.4. The number of halogens is 1. The van der Waals surface area contributed by atoms with Crippen molar-refractivity contribution in [3.8, 4) is 5.75 Å². The van der Waals surface area contributed by atoms with E-state index in [1.807, 2.05) is 27.7 Å². The van der Waals surface area contributed by atoms with Gasteiger partial charge in [-0.1, -0.05) is 6.07 Å². The van der Waals surface area contributed by atoms with E-state index in [9.17, 15) is 4.39 Å². The van der Waals surface area contributed by atoms with Crippen molar-refractivity contribution in [2.45, 2.75) is 51.7 Å². The van der Waals surface area contributed by atoms with E-state index in [2.05, 4.69) is 0 Å². The van der Waals surface area contributed by atoms with Crippen LogP contribution in [-0.4, -0.2) is 24.9 Å². The summed E-state index contributed by atoms with van der Waals surface area (Å²) in [6, 6.07) is 4.53. The SMILES string of the molecule is CC1(C)OB(c2ccc(F)cc2OCC2CC2)OC1(C)C. The lowest BCUT2D eigenvalue weighted by Crippen LogP contribution is -2.41. The number of benzene rings is 1. The molecule has 1 saturated heterocycles. The minimum Gasteiger partial charge on any atom is -0.494 e. The fraction of sp³-hybridized carbons (Fsp3) is 0.625. The van der Waals surface area contributed by atoms with Crippen LogP contribution in [0.4, 0.5) is 4.39 Å². The highest BCUT2D eigenvalue weighted by Gasteiger charge is 2.52. The average Bonchev–Trinajstić information content (AvgIpc) is 3.15. The van der Waals surface area contributed by atoms with Crippen LogP contribution >= 0.6 is 0 Å². The Bertz CT molecular complexity index is 524. The molecule has 1 aliphatic heterocycles. The Morgan fingerprint density at radius 2 is 1.81 bits per heavy atom. The van der Waals surface area contributed by atoms with Crippen LogP contribution in [0.2, 0.25) is 0 Å². The summed E-state index contributed by atoms with van der Waals surface area (Å²) in [5.74, 6) is 0.834. The predicted molar refractivity (Wildman–Crippen MR) is 80.3 cm³/mol. The fourth-order valence-electron chi connectivity index (χ4n) is 2.29. The van der Waals surface area contributed by atoms with Crippen molar-refractivity contribution in [2.24, 2.45) is 5.92 Å². The maximum absolute atomic E-state index is 13.5. The van der Waals surface area contributed by atoms with Gasteiger partial charge in [0.2, 0.25) is 0 Å². The predicted octanol–water partition coefficient (Wildman–Crippen LogP) is 2.91. The van der Waals surface area contributed by atoms with Gasteiger partial charge in [0.05, 0.1) is 17.8 Å². The standard InChI is InChI=1S/C16H22BFO3/c1-15(2)16(3,4)21-17(20-15)13-8-7-12(18)9-14(13)19-10-11-5-6-11/h7-9,11H,5-6,10H2,1-4H3. The van der Waals surface area contributed by atoms with Crippen molar-refractivity contribution in [1.29, 1.82) is 0 Å². The Kier molecular flexibility index (Phi) is 3.53. The molecule has 1 aliphatic carbocycles. The number of ether oxygens (including phenoxy) is 1. The van der Waals surface area contributed by atoms with Gasteiger partial charge in [0.25, 0.3) is 0 Å². The molecule has 0 amide bonds. The monoisotopic (exact) mass is 292 g/mol. The second kappa shape index (κ2) is 4.99. The van der Waals surface area contributed by atoms with Crippen LogP contribution in [0.15, 0.2) is 18.2 Å². The molecule has 0 radical (unpaired) electrons. The second-order valence-corrected chi connectivity index (χ2v) is 7.02. The van der Waals surface area contributed by atoms with E-state index in [4.69, 9.17) is 14.0 Å². The van der Waals surface area contributed by atoms with Crippen molar-refractivity contribution >= 4 is 12.6 Å². The molecule has 1 saturated carbocycles. The first-order valence-electron chi connectivity index (χ1n) is 7.56. The third kappa shape index (κ3) is 2.95. The van der Waals surface area contributed by atoms with Crippen molar-refractivity contribution in [3.63, 3.8) is 0 Å². The van der Waals surface area contributed by atoms with Crippen LogP contribution in [0.1, 0.15) is 40.5 Å². The molecule has 114 valence electrons. The molecule has 1 aromatic rings. The lowest BCUT2D eigenvalue weighted by Gasteiger charge is -2.32. The topological polar surface area (TPSA) is 27.7 Å². The van der Waals surface area contributed by atoms with Crippen molar-refractivity contribution in [1.82, 2.24) is 0 Å². The molecule has 2 aliphatic rings. The fourth-order valence-corrected chi connectivity index (χ4v) is 2.29. The van der Waals surface area contributed by atoms with Gasteiger partial charge in [0, 0.05) is 11.5 Å². The van der Waals surface area contributed by atoms with E-state index in [1.54, 1.807) is 6.07 Å². The first-order valence-corrected chi connectivity index (χ1v) is 7.56. The first kappa shape index (κ1) is 14.9. The van der Waals surface area contributed by atoms with E-state index in [0.29, 0.717) is 18.3 Å². The van der Waals surface area contributed by atoms with Crippen molar-refractivity contribution in [3.05, 3.63) is 24.0 Å². The molecule has 21 heavy (non-hydrogen) atoms. The Balaban J connectivity index is 1.84. The minimum atomic E-state index is -0.523. The smallest absolute Gasteiger partial charge is 0.494 e. The van der Waals surface area contributed by atoms with Crippen molar-refractivity contribution < 1.29 is 18.4 Å². The molecule has 0 bridgehead atoms. The molecule has 2 fully saturated rings. The molecule has 0 unspecified atom stereocenters. The van der Waals surface area contributed by atoms with Gasteiger partial charge in [-0.3, -0.25) is 0 Å². The Labute approximate surface area is 125 Å². The van der Waals surface area contributed by atoms with Crippen LogP contribution in [0.3, 0.4) is 0 Å². The largest absolute Gasteiger partial charge is 0.498 e. The summed E-state index contributed by atoms with van der Waals surface area (Å²) in [5.41, 5.74) is -0.0738. The number of hydrogen-bond donors (Lipinski definition) is 0. The average molecular weight is 292 g/mol. The van der Waals surface area contributed by atoms with Gasteiger partial charge in [0.15, 0.2) is 0 Å². The Hall–Kier alpha value is -1.07. The minimum absolute atomic E-state index is 0.305. The molecule has 0 atom stereocenters. The molecule has 0 aromatic heterocycles. The molecule has 1 heterocycles. The highest BCUT2D eigenvalue weighted by atomic mass is 19.1. The zero-order valence-electron chi connectivity index (χ0n) is 13.1. The summed E-state index contributed by atoms with van der Waals surface area (Å²) in [4.78, 5) is 0. The van der Waals surface area contributed by atoms with Gasteiger partial charge in [-0.15, -0.1) is 0 Å². The van der Waals surface area contributed by atoms with E-state index in [-0.39, 0.29) is 5.82 Å². The molecular formula is C16H22BFO3. The Morgan fingerprint density at radius 1 is 1.19 bits per heavy atom. The third-order valence-electron chi connectivity index (χ3n) is 4.65. The maximum Gasteiger partial charge on any atom is 0.498 e. The summed E-state index contributed by atoms with van der Waals surface area (Å²) in [6.45, 7) is 8.64. The van der Waals surface area contributed by atoms with Crippen LogP contribution in [0.5, 0.6) is 5.75 Å². The van der Waals surface area contributed by atoms with E-state index >= 15 is 0 Å². The van der Waals surface area contributed by atoms with Crippen LogP contribution in [0, 0.1) is 11.7 Å². The van der Waals surface area contributed by atoms with Crippen LogP contribution in [-0.2, 0) is 9.31 Å². The lowest BCUT2D eigenvalue weighted by atomic mass is 9.78. The molecular weight excluding hydrogens is 270 g/mol. The zero-order valence-corrected chi connectivity index (χ0v) is 13.1. The highest BCUT2D eigenvalue weighted by Crippen LogP contribution is 2.37. The number of rotatable bonds is 4. The van der Waals surface area contributed by atoms with E-state index in [1.165, 1.54) is 25.0 Å². The van der Waals surface area contributed by atoms with E-state index in [0.717, 1.165) is 5.46 Å². The summed E-state index contributed by atoms with van der Waals surface area (Å²) in [6.07, 6.45) is 2.39. The second-order valence-electron chi connectivity index (χ2n) is 7.02. The molecule has 0 spiro atoms. The maximum atomic E-state index is 13.5. The summed E-state index contributed by atoms with van der Waals surface area (Å²) >= 11 is 0. The summed E-state index contributed by atoms with van der Waals surface area (Å²) in [5, 5.41) is 0. The quantitative estimate of drug-likeness (QED) is 0.799. The van der Waals surface area contributed by atoms with E-state index < -0.39 is 18.3 Å². The summed E-state index contributed by atoms with van der Waals surface area (Å²) < 4.78 is 31.4. The molecule has 3 rings (SSSR count). The molecule has 3 nitrogen and oxygen atoms in total. The lowest BCUT2D eigenvalue weighted by molar-refractivity contribution is 0.00578. The van der Waals surface area contributed by atoms with Gasteiger partial charge < -0.3 is 14.0 Å². The van der Waals surface area contributed by atoms with Gasteiger partial charge in [-0.25, -0.2) is 4.39 Å². The van der Waals surface area contributed by atoms with Gasteiger partial charge in [-0.2, -0.15) is 0 Å². The third-order valence-corrected chi connectivity index (χ3v) is 4.65. The van der Waals surface area contributed by atoms with Crippen LogP contribution in [0.25, 0.3) is 0 Å². The number of hydrogen-bond acceptors (Lipinski definition) is 3.